The fourth-order valence-corrected chi connectivity index (χ4v) is 3.55. The number of rotatable bonds is 8. The molecule has 2 unspecified atom stereocenters. The minimum absolute atomic E-state index is 0.00832. The summed E-state index contributed by atoms with van der Waals surface area (Å²) in [4.78, 5) is 23.2. The third-order valence-corrected chi connectivity index (χ3v) is 6.07. The van der Waals surface area contributed by atoms with Gasteiger partial charge in [-0.05, 0) is 12.5 Å². The molecular formula is C16H22NO6P. The molecule has 0 fully saturated rings. The molecule has 0 aliphatic carbocycles. The van der Waals surface area contributed by atoms with Crippen LogP contribution in [0.25, 0.3) is 0 Å². The molecule has 0 aromatic heterocycles. The maximum atomic E-state index is 12.8. The zero-order valence-electron chi connectivity index (χ0n) is 14.0. The van der Waals surface area contributed by atoms with Crippen LogP contribution in [-0.4, -0.2) is 38.2 Å². The molecule has 1 N–H and O–H groups in total. The van der Waals surface area contributed by atoms with Gasteiger partial charge in [-0.25, -0.2) is 9.59 Å². The molecule has 0 saturated carbocycles. The van der Waals surface area contributed by atoms with Crippen LogP contribution in [-0.2, 0) is 30.0 Å². The van der Waals surface area contributed by atoms with Crippen LogP contribution in [0.15, 0.2) is 42.5 Å². The quantitative estimate of drug-likeness (QED) is 0.438. The van der Waals surface area contributed by atoms with Crippen molar-refractivity contribution in [2.75, 3.05) is 20.4 Å². The van der Waals surface area contributed by atoms with Crippen LogP contribution in [0.4, 0.5) is 4.79 Å². The van der Waals surface area contributed by atoms with Gasteiger partial charge in [-0.15, -0.1) is 0 Å². The fraction of sp³-hybridized carbons (Fsp3) is 0.375. The van der Waals surface area contributed by atoms with Crippen LogP contribution in [0, 0.1) is 0 Å². The third kappa shape index (κ3) is 5.83. The highest BCUT2D eigenvalue weighted by atomic mass is 31.2. The van der Waals surface area contributed by atoms with Crippen LogP contribution in [0.1, 0.15) is 12.5 Å². The highest BCUT2D eigenvalue weighted by molar-refractivity contribution is 7.60. The number of ether oxygens (including phenoxy) is 2. The summed E-state index contributed by atoms with van der Waals surface area (Å²) in [6.45, 7) is 5.13. The molecule has 8 heteroatoms. The van der Waals surface area contributed by atoms with Gasteiger partial charge in [0.05, 0.1) is 13.3 Å². The highest BCUT2D eigenvalue weighted by Crippen LogP contribution is 2.51. The lowest BCUT2D eigenvalue weighted by Crippen LogP contribution is -2.34. The average Bonchev–Trinajstić information content (AvgIpc) is 2.59. The first-order chi connectivity index (χ1) is 11.3. The van der Waals surface area contributed by atoms with Gasteiger partial charge in [0.2, 0.25) is 7.37 Å². The van der Waals surface area contributed by atoms with Gasteiger partial charge in [0, 0.05) is 12.7 Å². The van der Waals surface area contributed by atoms with E-state index in [4.69, 9.17) is 9.26 Å². The number of hydrogen-bond donors (Lipinski definition) is 1. The van der Waals surface area contributed by atoms with Crippen LogP contribution in [0.3, 0.4) is 0 Å². The normalized spacial score (nSPS) is 14.1. The number of esters is 1. The molecule has 7 nitrogen and oxygen atoms in total. The Balaban J connectivity index is 2.60. The van der Waals surface area contributed by atoms with E-state index in [2.05, 4.69) is 16.6 Å². The Bertz CT molecular complexity index is 631. The van der Waals surface area contributed by atoms with E-state index in [1.807, 2.05) is 30.3 Å². The summed E-state index contributed by atoms with van der Waals surface area (Å²) in [5.74, 6) is -1.53. The van der Waals surface area contributed by atoms with Gasteiger partial charge in [-0.1, -0.05) is 36.9 Å². The van der Waals surface area contributed by atoms with Gasteiger partial charge in [0.25, 0.3) is 0 Å². The highest BCUT2D eigenvalue weighted by Gasteiger charge is 2.33. The number of carbonyl (C=O) groups is 2. The first-order valence-corrected chi connectivity index (χ1v) is 9.08. The molecule has 0 aliphatic heterocycles. The van der Waals surface area contributed by atoms with Gasteiger partial charge in [-0.2, -0.15) is 0 Å². The van der Waals surface area contributed by atoms with Gasteiger partial charge in [0.1, 0.15) is 12.4 Å². The second-order valence-electron chi connectivity index (χ2n) is 5.04. The predicted octanol–water partition coefficient (Wildman–Crippen LogP) is 2.91. The molecule has 0 radical (unpaired) electrons. The lowest BCUT2D eigenvalue weighted by atomic mass is 10.2. The van der Waals surface area contributed by atoms with Crippen molar-refractivity contribution in [1.29, 1.82) is 0 Å². The first-order valence-electron chi connectivity index (χ1n) is 7.20. The van der Waals surface area contributed by atoms with Crippen LogP contribution in [0.2, 0.25) is 0 Å². The van der Waals surface area contributed by atoms with Crippen LogP contribution in [0.5, 0.6) is 0 Å². The zero-order valence-corrected chi connectivity index (χ0v) is 14.9. The maximum absolute atomic E-state index is 12.8. The summed E-state index contributed by atoms with van der Waals surface area (Å²) in [6.07, 6.45) is -0.955. The first kappa shape index (κ1) is 19.9. The summed E-state index contributed by atoms with van der Waals surface area (Å²) in [7, 11) is -0.925. The average molecular weight is 355 g/mol. The van der Waals surface area contributed by atoms with Gasteiger partial charge in [0.15, 0.2) is 0 Å². The van der Waals surface area contributed by atoms with E-state index in [9.17, 15) is 14.2 Å². The monoisotopic (exact) mass is 355 g/mol. The molecule has 1 amide bonds. The summed E-state index contributed by atoms with van der Waals surface area (Å²) < 4.78 is 27.4. The molecule has 0 saturated heterocycles. The van der Waals surface area contributed by atoms with Crippen LogP contribution >= 0.6 is 7.37 Å². The number of carbonyl (C=O) groups excluding carboxylic acids is 2. The molecule has 1 rings (SSSR count). The minimum Gasteiger partial charge on any atom is -0.466 e. The van der Waals surface area contributed by atoms with Crippen molar-refractivity contribution in [3.63, 3.8) is 0 Å². The molecule has 1 aromatic rings. The predicted molar refractivity (Wildman–Crippen MR) is 89.9 cm³/mol. The van der Waals surface area contributed by atoms with Gasteiger partial charge >= 0.3 is 12.1 Å². The van der Waals surface area contributed by atoms with E-state index >= 15 is 0 Å². The Hall–Kier alpha value is -2.11. The topological polar surface area (TPSA) is 90.9 Å². The second kappa shape index (κ2) is 9.25. The number of amides is 1. The molecule has 0 heterocycles. The molecule has 0 spiro atoms. The summed E-state index contributed by atoms with van der Waals surface area (Å²) in [5, 5.41) is 2.46. The lowest BCUT2D eigenvalue weighted by Gasteiger charge is -2.24. The molecule has 0 bridgehead atoms. The Kier molecular flexibility index (Phi) is 7.68. The lowest BCUT2D eigenvalue weighted by molar-refractivity contribution is -0.135. The Labute approximate surface area is 141 Å². The maximum Gasteiger partial charge on any atom is 0.408 e. The Morgan fingerprint density at radius 1 is 1.25 bits per heavy atom. The van der Waals surface area contributed by atoms with Gasteiger partial charge < -0.3 is 19.3 Å². The van der Waals surface area contributed by atoms with E-state index < -0.39 is 25.2 Å². The summed E-state index contributed by atoms with van der Waals surface area (Å²) in [6, 6.07) is 9.15. The molecule has 2 atom stereocenters. The number of hydrogen-bond acceptors (Lipinski definition) is 6. The SMILES string of the molecule is C=C(CP(=O)(OC)C(C)NC(=O)OCc1ccccc1)C(=O)OC. The van der Waals surface area contributed by atoms with Crippen molar-refractivity contribution in [3.8, 4) is 0 Å². The van der Waals surface area contributed by atoms with Crippen molar-refractivity contribution in [2.45, 2.75) is 19.3 Å². The number of methoxy groups -OCH3 is 1. The van der Waals surface area contributed by atoms with Gasteiger partial charge in [-0.3, -0.25) is 4.57 Å². The van der Waals surface area contributed by atoms with Crippen molar-refractivity contribution in [1.82, 2.24) is 5.32 Å². The standard InChI is InChI=1S/C16H22NO6P/c1-12(15(18)21-3)11-24(20,22-4)13(2)17-16(19)23-10-14-8-6-5-7-9-14/h5-9,13H,1,10-11H2,2-4H3,(H,17,19). The largest absolute Gasteiger partial charge is 0.466 e. The second-order valence-corrected chi connectivity index (χ2v) is 7.95. The van der Waals surface area contributed by atoms with Crippen molar-refractivity contribution < 1.29 is 28.2 Å². The molecule has 1 aromatic carbocycles. The van der Waals surface area contributed by atoms with E-state index in [1.54, 1.807) is 0 Å². The number of benzene rings is 1. The third-order valence-electron chi connectivity index (χ3n) is 3.32. The van der Waals surface area contributed by atoms with E-state index in [0.717, 1.165) is 5.56 Å². The molecule has 0 aliphatic rings. The zero-order chi connectivity index (χ0) is 18.2. The van der Waals surface area contributed by atoms with Crippen molar-refractivity contribution >= 4 is 19.4 Å². The molecule has 24 heavy (non-hydrogen) atoms. The minimum atomic E-state index is -3.38. The van der Waals surface area contributed by atoms with E-state index in [0.29, 0.717) is 0 Å². The Morgan fingerprint density at radius 2 is 1.88 bits per heavy atom. The number of alkyl carbamates (subject to hydrolysis) is 1. The summed E-state index contributed by atoms with van der Waals surface area (Å²) >= 11 is 0. The van der Waals surface area contributed by atoms with Crippen molar-refractivity contribution in [3.05, 3.63) is 48.0 Å². The fourth-order valence-electron chi connectivity index (χ4n) is 1.87. The molecular weight excluding hydrogens is 333 g/mol. The van der Waals surface area contributed by atoms with E-state index in [1.165, 1.54) is 21.1 Å². The Morgan fingerprint density at radius 3 is 2.42 bits per heavy atom. The number of nitrogens with one attached hydrogen (secondary N) is 1. The smallest absolute Gasteiger partial charge is 0.408 e. The van der Waals surface area contributed by atoms with Crippen LogP contribution < -0.4 is 5.32 Å². The molecule has 132 valence electrons. The van der Waals surface area contributed by atoms with E-state index in [-0.39, 0.29) is 18.3 Å². The summed E-state index contributed by atoms with van der Waals surface area (Å²) in [5.41, 5.74) is 0.836. The van der Waals surface area contributed by atoms with Crippen molar-refractivity contribution in [2.24, 2.45) is 0 Å².